The number of nitro benzene ring substituents is 1. The fourth-order valence-electron chi connectivity index (χ4n) is 3.16. The number of nitrogens with zero attached hydrogens (tertiary/aromatic N) is 3. The molecular formula is C22H16Cl2N4O3. The topological polar surface area (TPSA) is 101 Å². The van der Waals surface area contributed by atoms with E-state index < -0.39 is 10.8 Å². The Labute approximate surface area is 188 Å². The number of nitriles is 1. The first-order chi connectivity index (χ1) is 14.7. The van der Waals surface area contributed by atoms with Crippen LogP contribution in [-0.4, -0.2) is 15.4 Å². The number of aryl methyl sites for hydroxylation is 1. The van der Waals surface area contributed by atoms with Crippen LogP contribution in [0.4, 0.5) is 11.4 Å². The number of rotatable bonds is 5. The molecule has 0 unspecified atom stereocenters. The summed E-state index contributed by atoms with van der Waals surface area (Å²) >= 11 is 11.9. The van der Waals surface area contributed by atoms with Crippen molar-refractivity contribution in [2.24, 2.45) is 0 Å². The number of anilines is 1. The van der Waals surface area contributed by atoms with Gasteiger partial charge in [-0.1, -0.05) is 29.3 Å². The highest BCUT2D eigenvalue weighted by atomic mass is 35.5. The van der Waals surface area contributed by atoms with Crippen molar-refractivity contribution in [1.29, 1.82) is 5.26 Å². The zero-order valence-electron chi connectivity index (χ0n) is 16.5. The zero-order valence-corrected chi connectivity index (χ0v) is 18.0. The Morgan fingerprint density at radius 1 is 1.19 bits per heavy atom. The van der Waals surface area contributed by atoms with Crippen LogP contribution in [0.3, 0.4) is 0 Å². The van der Waals surface area contributed by atoms with Gasteiger partial charge in [0.2, 0.25) is 0 Å². The molecule has 0 saturated carbocycles. The lowest BCUT2D eigenvalue weighted by atomic mass is 10.1. The fourth-order valence-corrected chi connectivity index (χ4v) is 3.62. The molecule has 0 aliphatic rings. The quantitative estimate of drug-likeness (QED) is 0.226. The first-order valence-corrected chi connectivity index (χ1v) is 9.79. The van der Waals surface area contributed by atoms with Gasteiger partial charge in [-0.3, -0.25) is 14.9 Å². The van der Waals surface area contributed by atoms with Crippen LogP contribution in [0, 0.1) is 35.3 Å². The van der Waals surface area contributed by atoms with Crippen molar-refractivity contribution in [1.82, 2.24) is 4.57 Å². The summed E-state index contributed by atoms with van der Waals surface area (Å²) in [5, 5.41) is 23.9. The molecule has 3 rings (SSSR count). The molecule has 0 saturated heterocycles. The molecule has 0 bridgehead atoms. The summed E-state index contributed by atoms with van der Waals surface area (Å²) < 4.78 is 1.82. The van der Waals surface area contributed by atoms with E-state index in [0.717, 1.165) is 11.4 Å². The van der Waals surface area contributed by atoms with E-state index in [1.807, 2.05) is 17.6 Å². The van der Waals surface area contributed by atoms with Crippen LogP contribution in [0.15, 0.2) is 54.1 Å². The minimum absolute atomic E-state index is 0.0287. The number of nitrogens with one attached hydrogen (secondary N) is 1. The van der Waals surface area contributed by atoms with E-state index in [0.29, 0.717) is 22.0 Å². The van der Waals surface area contributed by atoms with Gasteiger partial charge < -0.3 is 9.88 Å². The van der Waals surface area contributed by atoms with Crippen LogP contribution >= 0.6 is 23.2 Å². The second-order valence-corrected chi connectivity index (χ2v) is 7.53. The molecule has 9 heteroatoms. The highest BCUT2D eigenvalue weighted by Gasteiger charge is 2.16. The zero-order chi connectivity index (χ0) is 22.7. The van der Waals surface area contributed by atoms with Crippen molar-refractivity contribution < 1.29 is 9.72 Å². The van der Waals surface area contributed by atoms with Crippen LogP contribution in [0.5, 0.6) is 0 Å². The lowest BCUT2D eigenvalue weighted by Gasteiger charge is -2.09. The first-order valence-electron chi connectivity index (χ1n) is 9.03. The summed E-state index contributed by atoms with van der Waals surface area (Å²) in [6.07, 6.45) is 1.47. The maximum Gasteiger partial charge on any atom is 0.271 e. The Bertz CT molecular complexity index is 1270. The maximum absolute atomic E-state index is 12.6. The Hall–Kier alpha value is -3.60. The molecule has 0 aliphatic carbocycles. The van der Waals surface area contributed by atoms with Crippen molar-refractivity contribution >= 4 is 46.6 Å². The van der Waals surface area contributed by atoms with Gasteiger partial charge in [-0.05, 0) is 55.8 Å². The monoisotopic (exact) mass is 454 g/mol. The predicted molar refractivity (Wildman–Crippen MR) is 121 cm³/mol. The number of non-ortho nitro benzene ring substituents is 1. The number of carbonyl (C=O) groups excluding carboxylic acids is 1. The van der Waals surface area contributed by atoms with Crippen LogP contribution < -0.4 is 5.32 Å². The molecule has 0 fully saturated rings. The third kappa shape index (κ3) is 4.77. The molecular weight excluding hydrogens is 439 g/mol. The molecule has 7 nitrogen and oxygen atoms in total. The predicted octanol–water partition coefficient (Wildman–Crippen LogP) is 5.85. The maximum atomic E-state index is 12.6. The Kier molecular flexibility index (Phi) is 6.44. The van der Waals surface area contributed by atoms with Gasteiger partial charge in [0.1, 0.15) is 11.6 Å². The van der Waals surface area contributed by atoms with E-state index in [-0.39, 0.29) is 16.3 Å². The number of hydrogen-bond acceptors (Lipinski definition) is 4. The summed E-state index contributed by atoms with van der Waals surface area (Å²) in [6.45, 7) is 3.64. The minimum atomic E-state index is -0.619. The van der Waals surface area contributed by atoms with Crippen LogP contribution in [0.25, 0.3) is 11.8 Å². The van der Waals surface area contributed by atoms with Crippen molar-refractivity contribution in [3.05, 3.63) is 91.2 Å². The molecule has 1 amide bonds. The number of carbonyl (C=O) groups is 1. The third-order valence-corrected chi connectivity index (χ3v) is 5.16. The molecule has 0 spiro atoms. The third-order valence-electron chi connectivity index (χ3n) is 4.61. The molecule has 0 radical (unpaired) electrons. The Morgan fingerprint density at radius 3 is 2.58 bits per heavy atom. The van der Waals surface area contributed by atoms with Gasteiger partial charge in [0.15, 0.2) is 0 Å². The second-order valence-electron chi connectivity index (χ2n) is 6.69. The molecule has 1 N–H and O–H groups in total. The van der Waals surface area contributed by atoms with Gasteiger partial charge in [0.25, 0.3) is 11.6 Å². The van der Waals surface area contributed by atoms with Crippen LogP contribution in [-0.2, 0) is 4.79 Å². The number of hydrogen-bond donors (Lipinski definition) is 1. The summed E-state index contributed by atoms with van der Waals surface area (Å²) in [5.74, 6) is -0.619. The molecule has 0 atom stereocenters. The van der Waals surface area contributed by atoms with Gasteiger partial charge in [0, 0.05) is 28.5 Å². The van der Waals surface area contributed by atoms with Crippen LogP contribution in [0.2, 0.25) is 10.0 Å². The minimum Gasteiger partial charge on any atom is -0.320 e. The number of halogens is 2. The summed E-state index contributed by atoms with van der Waals surface area (Å²) in [5.41, 5.74) is 2.95. The largest absolute Gasteiger partial charge is 0.320 e. The van der Waals surface area contributed by atoms with Crippen molar-refractivity contribution in [3.8, 4) is 11.8 Å². The lowest BCUT2D eigenvalue weighted by Crippen LogP contribution is -2.13. The van der Waals surface area contributed by atoms with E-state index >= 15 is 0 Å². The second kappa shape index (κ2) is 9.04. The molecule has 1 heterocycles. The van der Waals surface area contributed by atoms with Crippen molar-refractivity contribution in [3.63, 3.8) is 0 Å². The molecule has 0 aliphatic heterocycles. The van der Waals surface area contributed by atoms with E-state index in [9.17, 15) is 20.2 Å². The average molecular weight is 455 g/mol. The summed E-state index contributed by atoms with van der Waals surface area (Å²) in [6, 6.07) is 14.5. The van der Waals surface area contributed by atoms with E-state index in [1.54, 1.807) is 37.3 Å². The number of nitro groups is 1. The standard InChI is InChI=1S/C22H16Cl2N4O3/c1-13-8-15(14(2)27(13)18-4-3-5-19(11-18)28(30)31)9-16(12-25)22(29)26-21-7-6-17(23)10-20(21)24/h3-11H,1-2H3,(H,26,29)/b16-9-. The normalized spacial score (nSPS) is 11.1. The molecule has 31 heavy (non-hydrogen) atoms. The fraction of sp³-hybridized carbons (Fsp3) is 0.0909. The Balaban J connectivity index is 1.96. The number of aromatic nitrogens is 1. The van der Waals surface area contributed by atoms with Gasteiger partial charge >= 0.3 is 0 Å². The first kappa shape index (κ1) is 22.1. The van der Waals surface area contributed by atoms with E-state index in [1.165, 1.54) is 24.3 Å². The van der Waals surface area contributed by atoms with Gasteiger partial charge in [0.05, 0.1) is 21.3 Å². The number of amides is 1. The Morgan fingerprint density at radius 2 is 1.94 bits per heavy atom. The van der Waals surface area contributed by atoms with Crippen molar-refractivity contribution in [2.45, 2.75) is 13.8 Å². The smallest absolute Gasteiger partial charge is 0.271 e. The van der Waals surface area contributed by atoms with Crippen LogP contribution in [0.1, 0.15) is 17.0 Å². The molecule has 2 aromatic carbocycles. The highest BCUT2D eigenvalue weighted by molar-refractivity contribution is 6.36. The summed E-state index contributed by atoms with van der Waals surface area (Å²) in [4.78, 5) is 23.2. The average Bonchev–Trinajstić information content (AvgIpc) is 3.01. The summed E-state index contributed by atoms with van der Waals surface area (Å²) in [7, 11) is 0. The molecule has 3 aromatic rings. The SMILES string of the molecule is Cc1cc(/C=C(/C#N)C(=O)Nc2ccc(Cl)cc2Cl)c(C)n1-c1cccc([N+](=O)[O-])c1. The van der Waals surface area contributed by atoms with Crippen molar-refractivity contribution in [2.75, 3.05) is 5.32 Å². The van der Waals surface area contributed by atoms with Gasteiger partial charge in [-0.15, -0.1) is 0 Å². The highest BCUT2D eigenvalue weighted by Crippen LogP contribution is 2.27. The lowest BCUT2D eigenvalue weighted by molar-refractivity contribution is -0.384. The number of benzene rings is 2. The van der Waals surface area contributed by atoms with Gasteiger partial charge in [-0.25, -0.2) is 0 Å². The molecule has 1 aromatic heterocycles. The molecule has 156 valence electrons. The van der Waals surface area contributed by atoms with E-state index in [2.05, 4.69) is 5.32 Å². The van der Waals surface area contributed by atoms with E-state index in [4.69, 9.17) is 23.2 Å². The van der Waals surface area contributed by atoms with Gasteiger partial charge in [-0.2, -0.15) is 5.26 Å².